The zero-order valence-electron chi connectivity index (χ0n) is 10.4. The van der Waals surface area contributed by atoms with E-state index in [9.17, 15) is 9.59 Å². The molecule has 1 atom stereocenters. The summed E-state index contributed by atoms with van der Waals surface area (Å²) in [6.07, 6.45) is 6.07. The monoisotopic (exact) mass is 236 g/mol. The molecule has 1 unspecified atom stereocenters. The van der Waals surface area contributed by atoms with Crippen molar-refractivity contribution in [1.29, 1.82) is 0 Å². The Kier molecular flexibility index (Phi) is 2.42. The maximum absolute atomic E-state index is 12.7. The summed E-state index contributed by atoms with van der Waals surface area (Å²) in [5.41, 5.74) is -0.466. The van der Waals surface area contributed by atoms with Crippen molar-refractivity contribution in [2.24, 2.45) is 0 Å². The molecule has 0 aromatic rings. The van der Waals surface area contributed by atoms with E-state index in [2.05, 4.69) is 0 Å². The van der Waals surface area contributed by atoms with E-state index >= 15 is 0 Å². The van der Waals surface area contributed by atoms with Crippen molar-refractivity contribution in [3.05, 3.63) is 0 Å². The van der Waals surface area contributed by atoms with Crippen molar-refractivity contribution in [2.75, 3.05) is 13.1 Å². The summed E-state index contributed by atoms with van der Waals surface area (Å²) in [7, 11) is 0. The van der Waals surface area contributed by atoms with E-state index in [1.54, 1.807) is 6.92 Å². The van der Waals surface area contributed by atoms with Gasteiger partial charge in [-0.15, -0.1) is 0 Å². The molecule has 4 nitrogen and oxygen atoms in total. The maximum Gasteiger partial charge on any atom is 0.248 e. The molecule has 0 aromatic heterocycles. The van der Waals surface area contributed by atoms with Gasteiger partial charge < -0.3 is 9.80 Å². The van der Waals surface area contributed by atoms with Crippen LogP contribution in [-0.4, -0.2) is 46.3 Å². The molecular formula is C13H20N2O2. The summed E-state index contributed by atoms with van der Waals surface area (Å²) in [5, 5.41) is 0. The van der Waals surface area contributed by atoms with Gasteiger partial charge in [0, 0.05) is 26.1 Å². The van der Waals surface area contributed by atoms with Crippen molar-refractivity contribution >= 4 is 11.8 Å². The lowest BCUT2D eigenvalue weighted by Crippen LogP contribution is -2.61. The Bertz CT molecular complexity index is 364. The van der Waals surface area contributed by atoms with Crippen molar-refractivity contribution in [1.82, 2.24) is 9.80 Å². The number of hydrogen-bond acceptors (Lipinski definition) is 2. The Morgan fingerprint density at radius 3 is 2.47 bits per heavy atom. The van der Waals surface area contributed by atoms with E-state index in [1.807, 2.05) is 9.80 Å². The summed E-state index contributed by atoms with van der Waals surface area (Å²) < 4.78 is 0. The fraction of sp³-hybridized carbons (Fsp3) is 0.846. The van der Waals surface area contributed by atoms with Crippen LogP contribution in [0.5, 0.6) is 0 Å². The Balaban J connectivity index is 1.89. The second-order valence-electron chi connectivity index (χ2n) is 5.64. The molecule has 2 heterocycles. The predicted octanol–water partition coefficient (Wildman–Crippen LogP) is 1.15. The number of rotatable bonds is 1. The van der Waals surface area contributed by atoms with Gasteiger partial charge in [0.25, 0.3) is 0 Å². The van der Waals surface area contributed by atoms with Crippen molar-refractivity contribution < 1.29 is 9.59 Å². The van der Waals surface area contributed by atoms with Crippen LogP contribution < -0.4 is 0 Å². The second-order valence-corrected chi connectivity index (χ2v) is 5.64. The van der Waals surface area contributed by atoms with Gasteiger partial charge in [-0.1, -0.05) is 0 Å². The first-order valence-corrected chi connectivity index (χ1v) is 6.74. The quantitative estimate of drug-likeness (QED) is 0.685. The van der Waals surface area contributed by atoms with E-state index in [1.165, 1.54) is 0 Å². The minimum absolute atomic E-state index is 0.0634. The molecule has 2 amide bonds. The molecule has 3 fully saturated rings. The topological polar surface area (TPSA) is 40.6 Å². The number of hydrogen-bond donors (Lipinski definition) is 0. The predicted molar refractivity (Wildman–Crippen MR) is 63.3 cm³/mol. The van der Waals surface area contributed by atoms with Crippen LogP contribution in [0.2, 0.25) is 0 Å². The number of carbonyl (C=O) groups is 2. The third kappa shape index (κ3) is 1.57. The second kappa shape index (κ2) is 3.72. The van der Waals surface area contributed by atoms with Gasteiger partial charge >= 0.3 is 0 Å². The van der Waals surface area contributed by atoms with Crippen molar-refractivity contribution in [3.63, 3.8) is 0 Å². The van der Waals surface area contributed by atoms with Crippen LogP contribution in [0.25, 0.3) is 0 Å². The molecule has 0 N–H and O–H groups in total. The molecule has 1 saturated carbocycles. The third-order valence-corrected chi connectivity index (χ3v) is 4.50. The van der Waals surface area contributed by atoms with Gasteiger partial charge in [0.2, 0.25) is 11.8 Å². The lowest BCUT2D eigenvalue weighted by atomic mass is 9.85. The largest absolute Gasteiger partial charge is 0.338 e. The zero-order valence-corrected chi connectivity index (χ0v) is 10.4. The van der Waals surface area contributed by atoms with Gasteiger partial charge in [-0.25, -0.2) is 0 Å². The summed E-state index contributed by atoms with van der Waals surface area (Å²) >= 11 is 0. The first-order valence-electron chi connectivity index (χ1n) is 6.74. The molecule has 1 aliphatic carbocycles. The molecule has 2 saturated heterocycles. The summed E-state index contributed by atoms with van der Waals surface area (Å²) in [5.74, 6) is 0.299. The number of piperidine rings is 1. The molecule has 4 heteroatoms. The van der Waals surface area contributed by atoms with Crippen LogP contribution in [0.3, 0.4) is 0 Å². The van der Waals surface area contributed by atoms with Crippen LogP contribution >= 0.6 is 0 Å². The van der Waals surface area contributed by atoms with E-state index < -0.39 is 5.54 Å². The lowest BCUT2D eigenvalue weighted by Gasteiger charge is -2.44. The average Bonchev–Trinajstić information content (AvgIpc) is 3.04. The van der Waals surface area contributed by atoms with Crippen LogP contribution in [0, 0.1) is 0 Å². The van der Waals surface area contributed by atoms with Gasteiger partial charge in [0.05, 0.1) is 0 Å². The number of amides is 2. The third-order valence-electron chi connectivity index (χ3n) is 4.50. The van der Waals surface area contributed by atoms with Gasteiger partial charge in [-0.05, 0) is 38.5 Å². The molecule has 3 aliphatic rings. The highest BCUT2D eigenvalue weighted by Gasteiger charge is 2.53. The molecular weight excluding hydrogens is 216 g/mol. The Morgan fingerprint density at radius 2 is 1.88 bits per heavy atom. The minimum Gasteiger partial charge on any atom is -0.338 e. The zero-order chi connectivity index (χ0) is 12.0. The lowest BCUT2D eigenvalue weighted by molar-refractivity contribution is -0.155. The van der Waals surface area contributed by atoms with Crippen molar-refractivity contribution in [2.45, 2.75) is 57.0 Å². The highest BCUT2D eigenvalue weighted by molar-refractivity contribution is 5.92. The molecule has 1 spiro atoms. The molecule has 94 valence electrons. The Morgan fingerprint density at radius 1 is 1.24 bits per heavy atom. The molecule has 17 heavy (non-hydrogen) atoms. The highest BCUT2D eigenvalue weighted by atomic mass is 16.2. The first kappa shape index (κ1) is 11.1. The number of carbonyl (C=O) groups excluding carboxylic acids is 2. The van der Waals surface area contributed by atoms with E-state index in [0.29, 0.717) is 6.04 Å². The first-order chi connectivity index (χ1) is 8.15. The molecule has 0 radical (unpaired) electrons. The van der Waals surface area contributed by atoms with E-state index in [0.717, 1.165) is 51.6 Å². The van der Waals surface area contributed by atoms with Gasteiger partial charge in [-0.3, -0.25) is 9.59 Å². The van der Waals surface area contributed by atoms with Gasteiger partial charge in [0.1, 0.15) is 5.54 Å². The summed E-state index contributed by atoms with van der Waals surface area (Å²) in [6, 6.07) is 0.481. The van der Waals surface area contributed by atoms with E-state index in [-0.39, 0.29) is 11.8 Å². The highest BCUT2D eigenvalue weighted by Crippen LogP contribution is 2.41. The van der Waals surface area contributed by atoms with Crippen LogP contribution in [0.15, 0.2) is 0 Å². The fourth-order valence-electron chi connectivity index (χ4n) is 3.57. The van der Waals surface area contributed by atoms with Gasteiger partial charge in [-0.2, -0.15) is 0 Å². The fourth-order valence-corrected chi connectivity index (χ4v) is 3.57. The Labute approximate surface area is 102 Å². The average molecular weight is 236 g/mol. The van der Waals surface area contributed by atoms with Crippen molar-refractivity contribution in [3.8, 4) is 0 Å². The summed E-state index contributed by atoms with van der Waals surface area (Å²) in [4.78, 5) is 28.3. The SMILES string of the molecule is CC(=O)N1CCCC12CCCN(C1CC1)C2=O. The van der Waals surface area contributed by atoms with E-state index in [4.69, 9.17) is 0 Å². The number of nitrogens with zero attached hydrogens (tertiary/aromatic N) is 2. The van der Waals surface area contributed by atoms with Crippen LogP contribution in [0.1, 0.15) is 45.4 Å². The normalized spacial score (nSPS) is 33.6. The summed E-state index contributed by atoms with van der Waals surface area (Å²) in [6.45, 7) is 3.26. The molecule has 0 bridgehead atoms. The van der Waals surface area contributed by atoms with Gasteiger partial charge in [0.15, 0.2) is 0 Å². The Hall–Kier alpha value is -1.06. The molecule has 2 aliphatic heterocycles. The van der Waals surface area contributed by atoms with Crippen LogP contribution in [-0.2, 0) is 9.59 Å². The molecule has 0 aromatic carbocycles. The number of likely N-dealkylation sites (tertiary alicyclic amines) is 2. The minimum atomic E-state index is -0.466. The smallest absolute Gasteiger partial charge is 0.248 e. The van der Waals surface area contributed by atoms with Crippen LogP contribution in [0.4, 0.5) is 0 Å². The molecule has 3 rings (SSSR count). The standard InChI is InChI=1S/C13H20N2O2/c1-10(16)15-9-3-7-13(15)6-2-8-14(12(13)17)11-4-5-11/h11H,2-9H2,1H3. The maximum atomic E-state index is 12.7.